The molecule has 0 aromatic carbocycles. The molecule has 0 aliphatic heterocycles. The van der Waals surface area contributed by atoms with E-state index in [1.165, 1.54) is 0 Å². The molecule has 0 spiro atoms. The fourth-order valence-electron chi connectivity index (χ4n) is 1.67. The van der Waals surface area contributed by atoms with E-state index in [2.05, 4.69) is 31.4 Å². The number of unbranched alkanes of at least 4 members (excludes halogenated alkanes) is 2. The predicted molar refractivity (Wildman–Crippen MR) is 76.1 cm³/mol. The van der Waals surface area contributed by atoms with Crippen molar-refractivity contribution >= 4 is 21.8 Å². The fraction of sp³-hybridized carbons (Fsp3) is 0.615. The Hall–Kier alpha value is -0.970. The number of rotatable bonds is 7. The minimum Gasteiger partial charge on any atom is -0.352 e. The van der Waals surface area contributed by atoms with Crippen LogP contribution in [0.3, 0.4) is 0 Å². The van der Waals surface area contributed by atoms with Gasteiger partial charge in [-0.2, -0.15) is 10.2 Å². The van der Waals surface area contributed by atoms with E-state index in [4.69, 9.17) is 0 Å². The summed E-state index contributed by atoms with van der Waals surface area (Å²) in [6.45, 7) is 4.54. The molecule has 1 heterocycles. The summed E-state index contributed by atoms with van der Waals surface area (Å²) in [5.41, 5.74) is 2.20. The van der Waals surface area contributed by atoms with Crippen LogP contribution in [0, 0.1) is 6.92 Å². The highest BCUT2D eigenvalue weighted by atomic mass is 79.9. The molecule has 1 aromatic heterocycles. The number of nitrogens with zero attached hydrogens (tertiary/aromatic N) is 2. The van der Waals surface area contributed by atoms with Crippen molar-refractivity contribution in [3.63, 3.8) is 0 Å². The van der Waals surface area contributed by atoms with E-state index in [-0.39, 0.29) is 5.91 Å². The van der Waals surface area contributed by atoms with E-state index in [0.717, 1.165) is 48.9 Å². The van der Waals surface area contributed by atoms with Crippen molar-refractivity contribution in [2.24, 2.45) is 0 Å². The monoisotopic (exact) mass is 313 g/mol. The summed E-state index contributed by atoms with van der Waals surface area (Å²) >= 11 is 3.39. The number of aromatic nitrogens is 2. The highest BCUT2D eigenvalue weighted by Crippen LogP contribution is 2.07. The van der Waals surface area contributed by atoms with Gasteiger partial charge in [0.2, 0.25) is 0 Å². The molecule has 0 aliphatic carbocycles. The smallest absolute Gasteiger partial charge is 0.253 e. The highest BCUT2D eigenvalue weighted by molar-refractivity contribution is 9.09. The van der Waals surface area contributed by atoms with E-state index in [1.54, 1.807) is 6.07 Å². The number of aryl methyl sites for hydroxylation is 2. The number of alkyl halides is 1. The molecule has 0 radical (unpaired) electrons. The van der Waals surface area contributed by atoms with Crippen LogP contribution in [0.4, 0.5) is 0 Å². The zero-order valence-corrected chi connectivity index (χ0v) is 12.6. The molecule has 5 heteroatoms. The lowest BCUT2D eigenvalue weighted by Gasteiger charge is -2.08. The number of nitrogens with one attached hydrogen (secondary N) is 1. The van der Waals surface area contributed by atoms with Crippen LogP contribution in [-0.4, -0.2) is 28.0 Å². The summed E-state index contributed by atoms with van der Waals surface area (Å²) < 4.78 is 0. The molecule has 0 aliphatic rings. The molecule has 18 heavy (non-hydrogen) atoms. The lowest BCUT2D eigenvalue weighted by Crippen LogP contribution is -2.26. The van der Waals surface area contributed by atoms with Gasteiger partial charge in [0.25, 0.3) is 5.91 Å². The van der Waals surface area contributed by atoms with Crippen LogP contribution in [0.15, 0.2) is 6.07 Å². The minimum absolute atomic E-state index is 0.0382. The Morgan fingerprint density at radius 2 is 2.11 bits per heavy atom. The summed E-state index contributed by atoms with van der Waals surface area (Å²) in [7, 11) is 0. The normalized spacial score (nSPS) is 10.4. The third kappa shape index (κ3) is 4.72. The third-order valence-electron chi connectivity index (χ3n) is 2.67. The number of carbonyl (C=O) groups excluding carboxylic acids is 1. The summed E-state index contributed by atoms with van der Waals surface area (Å²) in [5.74, 6) is -0.0382. The first-order valence-electron chi connectivity index (χ1n) is 6.36. The molecule has 0 saturated heterocycles. The van der Waals surface area contributed by atoms with Crippen LogP contribution in [0.5, 0.6) is 0 Å². The molecule has 1 aromatic rings. The maximum absolute atomic E-state index is 12.0. The minimum atomic E-state index is -0.0382. The van der Waals surface area contributed by atoms with Crippen molar-refractivity contribution < 1.29 is 4.79 Å². The predicted octanol–water partition coefficient (Wildman–Crippen LogP) is 2.64. The summed E-state index contributed by atoms with van der Waals surface area (Å²) in [6, 6.07) is 1.81. The SMILES string of the molecule is CCc1nnc(C)cc1C(=O)NCCCCCBr. The zero-order valence-electron chi connectivity index (χ0n) is 11.0. The van der Waals surface area contributed by atoms with Gasteiger partial charge in [-0.05, 0) is 32.3 Å². The molecule has 0 fully saturated rings. The summed E-state index contributed by atoms with van der Waals surface area (Å²) in [5, 5.41) is 12.0. The third-order valence-corrected chi connectivity index (χ3v) is 3.23. The van der Waals surface area contributed by atoms with E-state index < -0.39 is 0 Å². The van der Waals surface area contributed by atoms with E-state index in [1.807, 2.05) is 13.8 Å². The second kappa shape index (κ2) is 8.19. The number of amides is 1. The van der Waals surface area contributed by atoms with Crippen molar-refractivity contribution in [3.05, 3.63) is 23.0 Å². The lowest BCUT2D eigenvalue weighted by molar-refractivity contribution is 0.0951. The molecule has 0 atom stereocenters. The number of carbonyl (C=O) groups is 1. The Morgan fingerprint density at radius 3 is 2.78 bits per heavy atom. The Kier molecular flexibility index (Phi) is 6.86. The van der Waals surface area contributed by atoms with Crippen LogP contribution >= 0.6 is 15.9 Å². The van der Waals surface area contributed by atoms with E-state index in [0.29, 0.717) is 5.56 Å². The van der Waals surface area contributed by atoms with Gasteiger partial charge in [0.15, 0.2) is 0 Å². The van der Waals surface area contributed by atoms with Crippen molar-refractivity contribution in [2.75, 3.05) is 11.9 Å². The highest BCUT2D eigenvalue weighted by Gasteiger charge is 2.11. The second-order valence-corrected chi connectivity index (χ2v) is 5.00. The fourth-order valence-corrected chi connectivity index (χ4v) is 2.06. The van der Waals surface area contributed by atoms with E-state index in [9.17, 15) is 4.79 Å². The Labute approximate surface area is 117 Å². The van der Waals surface area contributed by atoms with Crippen LogP contribution < -0.4 is 5.32 Å². The van der Waals surface area contributed by atoms with Gasteiger partial charge >= 0.3 is 0 Å². The molecule has 1 N–H and O–H groups in total. The van der Waals surface area contributed by atoms with Crippen LogP contribution in [0.2, 0.25) is 0 Å². The standard InChI is InChI=1S/C13H20BrN3O/c1-3-12-11(9-10(2)16-17-12)13(18)15-8-6-4-5-7-14/h9H,3-8H2,1-2H3,(H,15,18). The van der Waals surface area contributed by atoms with Gasteiger partial charge in [-0.15, -0.1) is 0 Å². The molecule has 0 bridgehead atoms. The first-order valence-corrected chi connectivity index (χ1v) is 7.48. The average molecular weight is 314 g/mol. The quantitative estimate of drug-likeness (QED) is 0.622. The maximum atomic E-state index is 12.0. The molecular formula is C13H20BrN3O. The molecule has 4 nitrogen and oxygen atoms in total. The first-order chi connectivity index (χ1) is 8.69. The molecular weight excluding hydrogens is 294 g/mol. The Morgan fingerprint density at radius 1 is 1.33 bits per heavy atom. The van der Waals surface area contributed by atoms with Gasteiger partial charge in [-0.25, -0.2) is 0 Å². The molecule has 1 rings (SSSR count). The first kappa shape index (κ1) is 15.1. The topological polar surface area (TPSA) is 54.9 Å². The zero-order chi connectivity index (χ0) is 13.4. The van der Waals surface area contributed by atoms with Crippen molar-refractivity contribution in [1.29, 1.82) is 0 Å². The van der Waals surface area contributed by atoms with Crippen molar-refractivity contribution in [2.45, 2.75) is 39.5 Å². The average Bonchev–Trinajstić information content (AvgIpc) is 2.38. The molecule has 0 unspecified atom stereocenters. The summed E-state index contributed by atoms with van der Waals surface area (Å²) in [4.78, 5) is 12.0. The van der Waals surface area contributed by atoms with Crippen molar-refractivity contribution in [1.82, 2.24) is 15.5 Å². The Balaban J connectivity index is 2.52. The summed E-state index contributed by atoms with van der Waals surface area (Å²) in [6.07, 6.45) is 4.00. The Bertz CT molecular complexity index is 396. The van der Waals surface area contributed by atoms with Gasteiger partial charge in [-0.3, -0.25) is 4.79 Å². The van der Waals surface area contributed by atoms with E-state index >= 15 is 0 Å². The van der Waals surface area contributed by atoms with Crippen LogP contribution in [0.25, 0.3) is 0 Å². The van der Waals surface area contributed by atoms with Crippen LogP contribution in [0.1, 0.15) is 47.9 Å². The van der Waals surface area contributed by atoms with Gasteiger partial charge in [0.1, 0.15) is 0 Å². The van der Waals surface area contributed by atoms with Gasteiger partial charge in [-0.1, -0.05) is 29.3 Å². The largest absolute Gasteiger partial charge is 0.352 e. The molecule has 0 saturated carbocycles. The number of halogens is 1. The van der Waals surface area contributed by atoms with Crippen LogP contribution in [-0.2, 0) is 6.42 Å². The van der Waals surface area contributed by atoms with Gasteiger partial charge in [0, 0.05) is 11.9 Å². The lowest BCUT2D eigenvalue weighted by atomic mass is 10.1. The van der Waals surface area contributed by atoms with Gasteiger partial charge < -0.3 is 5.32 Å². The van der Waals surface area contributed by atoms with Gasteiger partial charge in [0.05, 0.1) is 17.0 Å². The molecule has 100 valence electrons. The molecule has 1 amide bonds. The van der Waals surface area contributed by atoms with Crippen molar-refractivity contribution in [3.8, 4) is 0 Å². The number of hydrogen-bond acceptors (Lipinski definition) is 3. The maximum Gasteiger partial charge on any atom is 0.253 e. The number of hydrogen-bond donors (Lipinski definition) is 1. The second-order valence-electron chi connectivity index (χ2n) is 4.21.